The van der Waals surface area contributed by atoms with Crippen LogP contribution in [-0.4, -0.2) is 20.7 Å². The summed E-state index contributed by atoms with van der Waals surface area (Å²) >= 11 is 0. The van der Waals surface area contributed by atoms with Crippen LogP contribution < -0.4 is 34.7 Å². The Morgan fingerprint density at radius 3 is 2.50 bits per heavy atom. The van der Waals surface area contributed by atoms with Crippen molar-refractivity contribution >= 4 is 5.97 Å². The number of hydrogen-bond acceptors (Lipinski definition) is 4. The monoisotopic (exact) mass is 225 g/mol. The number of aryl methyl sites for hydroxylation is 1. The third kappa shape index (κ3) is 2.49. The van der Waals surface area contributed by atoms with E-state index in [9.17, 15) is 9.90 Å². The molecule has 16 heavy (non-hydrogen) atoms. The Hall–Kier alpha value is -1.17. The van der Waals surface area contributed by atoms with E-state index in [1.807, 2.05) is 13.0 Å². The fourth-order valence-electron chi connectivity index (χ4n) is 1.36. The van der Waals surface area contributed by atoms with Crippen molar-refractivity contribution in [2.75, 3.05) is 0 Å². The van der Waals surface area contributed by atoms with Gasteiger partial charge in [-0.2, -0.15) is 0 Å². The van der Waals surface area contributed by atoms with Crippen LogP contribution in [0.2, 0.25) is 0 Å². The van der Waals surface area contributed by atoms with Gasteiger partial charge in [0.25, 0.3) is 0 Å². The number of carbonyl (C=O) groups is 1. The van der Waals surface area contributed by atoms with Crippen LogP contribution >= 0.6 is 0 Å². The zero-order chi connectivity index (χ0) is 10.8. The van der Waals surface area contributed by atoms with Crippen molar-refractivity contribution in [1.82, 2.24) is 14.8 Å². The van der Waals surface area contributed by atoms with Gasteiger partial charge in [0, 0.05) is 5.56 Å². The molecule has 6 heteroatoms. The van der Waals surface area contributed by atoms with Gasteiger partial charge in [-0.3, -0.25) is 4.57 Å². The summed E-state index contributed by atoms with van der Waals surface area (Å²) in [5.74, 6) is -1.21. The van der Waals surface area contributed by atoms with Gasteiger partial charge in [-0.25, -0.2) is 0 Å². The van der Waals surface area contributed by atoms with E-state index in [0.717, 1.165) is 5.56 Å². The zero-order valence-corrected chi connectivity index (χ0v) is 11.0. The summed E-state index contributed by atoms with van der Waals surface area (Å²) in [6.07, 6.45) is 2.88. The first kappa shape index (κ1) is 12.9. The van der Waals surface area contributed by atoms with Crippen molar-refractivity contribution in [3.8, 4) is 5.69 Å². The van der Waals surface area contributed by atoms with E-state index in [2.05, 4.69) is 10.2 Å². The second kappa shape index (κ2) is 5.25. The molecule has 0 aliphatic rings. The minimum Gasteiger partial charge on any atom is -0.545 e. The van der Waals surface area contributed by atoms with Crippen molar-refractivity contribution in [2.24, 2.45) is 0 Å². The van der Waals surface area contributed by atoms with Crippen LogP contribution in [0.15, 0.2) is 30.9 Å². The molecule has 76 valence electrons. The van der Waals surface area contributed by atoms with Crippen molar-refractivity contribution in [2.45, 2.75) is 6.92 Å². The Morgan fingerprint density at radius 1 is 1.31 bits per heavy atom. The number of carboxylic acids is 1. The Labute approximate surface area is 114 Å². The van der Waals surface area contributed by atoms with Gasteiger partial charge < -0.3 is 9.90 Å². The van der Waals surface area contributed by atoms with Crippen LogP contribution in [0.3, 0.4) is 0 Å². The first-order valence-corrected chi connectivity index (χ1v) is 4.35. The number of carboxylic acid groups (broad SMARTS) is 1. The molecule has 0 fully saturated rings. The first-order valence-electron chi connectivity index (χ1n) is 4.35. The second-order valence-corrected chi connectivity index (χ2v) is 3.18. The minimum absolute atomic E-state index is 0. The molecule has 0 spiro atoms. The number of carbonyl (C=O) groups excluding carboxylic acids is 1. The summed E-state index contributed by atoms with van der Waals surface area (Å²) in [6, 6.07) is 5.08. The van der Waals surface area contributed by atoms with Gasteiger partial charge in [0.15, 0.2) is 0 Å². The molecular formula is C10H8N3NaO2. The molecule has 0 N–H and O–H groups in total. The Balaban J connectivity index is 0.00000128. The molecule has 5 nitrogen and oxygen atoms in total. The SMILES string of the molecule is Cc1ccc(-n2cnnc2)c(C(=O)[O-])c1.[Na+]. The maximum atomic E-state index is 10.9. The summed E-state index contributed by atoms with van der Waals surface area (Å²) in [6.45, 7) is 1.82. The van der Waals surface area contributed by atoms with Gasteiger partial charge in [0.1, 0.15) is 12.7 Å². The van der Waals surface area contributed by atoms with E-state index in [1.165, 1.54) is 17.2 Å². The molecule has 0 unspecified atom stereocenters. The summed E-state index contributed by atoms with van der Waals surface area (Å²) < 4.78 is 1.53. The molecule has 1 aromatic heterocycles. The molecule has 0 radical (unpaired) electrons. The number of hydrogen-bond donors (Lipinski definition) is 0. The third-order valence-corrected chi connectivity index (χ3v) is 2.07. The number of rotatable bonds is 2. The maximum Gasteiger partial charge on any atom is 1.00 e. The average molecular weight is 225 g/mol. The predicted octanol–water partition coefficient (Wildman–Crippen LogP) is -3.06. The van der Waals surface area contributed by atoms with E-state index in [0.29, 0.717) is 5.69 Å². The smallest absolute Gasteiger partial charge is 0.545 e. The van der Waals surface area contributed by atoms with Gasteiger partial charge in [-0.15, -0.1) is 10.2 Å². The number of nitrogens with zero attached hydrogens (tertiary/aromatic N) is 3. The summed E-state index contributed by atoms with van der Waals surface area (Å²) in [5, 5.41) is 18.1. The molecule has 1 aromatic carbocycles. The van der Waals surface area contributed by atoms with Crippen molar-refractivity contribution < 1.29 is 39.5 Å². The standard InChI is InChI=1S/C10H9N3O2.Na/c1-7-2-3-9(8(4-7)10(14)15)13-5-11-12-6-13;/h2-6H,1H3,(H,14,15);/q;+1/p-1. The molecule has 0 saturated carbocycles. The van der Waals surface area contributed by atoms with Gasteiger partial charge in [0.2, 0.25) is 0 Å². The summed E-state index contributed by atoms with van der Waals surface area (Å²) in [7, 11) is 0. The van der Waals surface area contributed by atoms with E-state index < -0.39 is 5.97 Å². The third-order valence-electron chi connectivity index (χ3n) is 2.07. The topological polar surface area (TPSA) is 70.8 Å². The molecule has 1 heterocycles. The molecule has 0 saturated heterocycles. The molecule has 0 aliphatic carbocycles. The quantitative estimate of drug-likeness (QED) is 0.509. The predicted molar refractivity (Wildman–Crippen MR) is 50.4 cm³/mol. The number of benzene rings is 1. The van der Waals surface area contributed by atoms with Crippen molar-refractivity contribution in [3.63, 3.8) is 0 Å². The summed E-state index contributed by atoms with van der Waals surface area (Å²) in [4.78, 5) is 10.9. The van der Waals surface area contributed by atoms with Gasteiger partial charge in [-0.05, 0) is 19.1 Å². The van der Waals surface area contributed by atoms with Crippen molar-refractivity contribution in [1.29, 1.82) is 0 Å². The van der Waals surface area contributed by atoms with Crippen LogP contribution in [0, 0.1) is 6.92 Å². The normalized spacial score (nSPS) is 9.56. The van der Waals surface area contributed by atoms with E-state index >= 15 is 0 Å². The van der Waals surface area contributed by atoms with Gasteiger partial charge in [0.05, 0.1) is 11.7 Å². The average Bonchev–Trinajstić information content (AvgIpc) is 2.70. The molecule has 2 rings (SSSR count). The Morgan fingerprint density at radius 2 is 1.94 bits per heavy atom. The van der Waals surface area contributed by atoms with E-state index in [-0.39, 0.29) is 35.1 Å². The van der Waals surface area contributed by atoms with E-state index in [4.69, 9.17) is 0 Å². The molecule has 0 aliphatic heterocycles. The van der Waals surface area contributed by atoms with E-state index in [1.54, 1.807) is 12.1 Å². The molecule has 0 atom stereocenters. The summed E-state index contributed by atoms with van der Waals surface area (Å²) in [5.41, 5.74) is 1.51. The van der Waals surface area contributed by atoms with Gasteiger partial charge >= 0.3 is 29.6 Å². The Kier molecular flexibility index (Phi) is 4.23. The first-order chi connectivity index (χ1) is 7.18. The van der Waals surface area contributed by atoms with Crippen LogP contribution in [0.5, 0.6) is 0 Å². The number of aromatic nitrogens is 3. The zero-order valence-electron chi connectivity index (χ0n) is 9.04. The fourth-order valence-corrected chi connectivity index (χ4v) is 1.36. The van der Waals surface area contributed by atoms with Crippen LogP contribution in [0.25, 0.3) is 5.69 Å². The molecule has 0 amide bonds. The van der Waals surface area contributed by atoms with Crippen molar-refractivity contribution in [3.05, 3.63) is 42.0 Å². The largest absolute Gasteiger partial charge is 1.00 e. The van der Waals surface area contributed by atoms with Crippen LogP contribution in [0.1, 0.15) is 15.9 Å². The van der Waals surface area contributed by atoms with Crippen LogP contribution in [-0.2, 0) is 0 Å². The minimum atomic E-state index is -1.21. The van der Waals surface area contributed by atoms with Gasteiger partial charge in [-0.1, -0.05) is 11.6 Å². The Bertz CT molecular complexity index is 497. The van der Waals surface area contributed by atoms with Crippen LogP contribution in [0.4, 0.5) is 0 Å². The molecule has 2 aromatic rings. The second-order valence-electron chi connectivity index (χ2n) is 3.18. The number of aromatic carboxylic acids is 1. The maximum absolute atomic E-state index is 10.9. The fraction of sp³-hybridized carbons (Fsp3) is 0.100. The molecular weight excluding hydrogens is 217 g/mol. The molecule has 0 bridgehead atoms.